The molecule has 0 spiro atoms. The van der Waals surface area contributed by atoms with Gasteiger partial charge in [0, 0.05) is 6.20 Å². The Labute approximate surface area is 203 Å². The second-order valence-corrected chi connectivity index (χ2v) is 10.9. The minimum absolute atomic E-state index is 0.0472. The number of nitrogens with two attached hydrogens (primary N) is 1. The Morgan fingerprint density at radius 1 is 1.29 bits per heavy atom. The molecular formula is C21H32N3O10P. The maximum Gasteiger partial charge on any atom is 0.509 e. The summed E-state index contributed by atoms with van der Waals surface area (Å²) in [7, 11) is -4.73. The Balaban J connectivity index is 2.50. The fourth-order valence-electron chi connectivity index (χ4n) is 3.04. The Hall–Kier alpha value is -2.46. The summed E-state index contributed by atoms with van der Waals surface area (Å²) < 4.78 is 46.2. The molecule has 2 heterocycles. The fourth-order valence-corrected chi connectivity index (χ4v) is 4.34. The maximum absolute atomic E-state index is 12.8. The van der Waals surface area contributed by atoms with E-state index in [2.05, 4.69) is 10.9 Å². The largest absolute Gasteiger partial charge is 0.509 e. The van der Waals surface area contributed by atoms with Crippen LogP contribution in [0.25, 0.3) is 0 Å². The molecule has 2 unspecified atom stereocenters. The molecule has 2 rings (SSSR count). The van der Waals surface area contributed by atoms with Crippen LogP contribution in [0.15, 0.2) is 17.1 Å². The second kappa shape index (κ2) is 11.1. The minimum Gasteiger partial charge on any atom is -0.423 e. The third kappa shape index (κ3) is 8.92. The van der Waals surface area contributed by atoms with Gasteiger partial charge in [-0.3, -0.25) is 13.6 Å². The Bertz CT molecular complexity index is 1040. The number of ether oxygens (including phenoxy) is 4. The highest BCUT2D eigenvalue weighted by Gasteiger charge is 2.53. The van der Waals surface area contributed by atoms with E-state index in [0.717, 1.165) is 4.57 Å². The average Bonchev–Trinajstić information content (AvgIpc) is 2.98. The third-order valence-corrected chi connectivity index (χ3v) is 5.53. The smallest absolute Gasteiger partial charge is 0.423 e. The van der Waals surface area contributed by atoms with Crippen molar-refractivity contribution in [1.29, 1.82) is 0 Å². The first-order valence-electron chi connectivity index (χ1n) is 10.6. The third-order valence-electron chi connectivity index (χ3n) is 4.24. The number of carbonyl (C=O) groups excluding carboxylic acids is 1. The molecule has 0 saturated carbocycles. The van der Waals surface area contributed by atoms with Crippen molar-refractivity contribution >= 4 is 19.8 Å². The van der Waals surface area contributed by atoms with Crippen molar-refractivity contribution in [1.82, 2.24) is 9.55 Å². The van der Waals surface area contributed by atoms with E-state index in [-0.39, 0.29) is 12.4 Å². The van der Waals surface area contributed by atoms with Crippen molar-refractivity contribution in [2.24, 2.45) is 0 Å². The van der Waals surface area contributed by atoms with Gasteiger partial charge in [0.1, 0.15) is 18.0 Å². The van der Waals surface area contributed by atoms with E-state index in [0.29, 0.717) is 0 Å². The molecule has 1 aromatic rings. The fraction of sp³-hybridized carbons (Fsp3) is 0.667. The molecule has 35 heavy (non-hydrogen) atoms. The standard InChI is InChI=1S/C21H32N3O10P/c1-8-11-29-19(26)32-16-15(33-35(27,28)34-21(5,6)7)13(12-30-20(2,3)4)31-17(16)24-10-9-14(22)23-18(24)25/h1,9-10,13,15-17H,11-12H2,2-7H3,(H,27,28)(H2,22,23,25)/t13-,15?,16+,17-/m1/s1. The highest BCUT2D eigenvalue weighted by atomic mass is 31.2. The van der Waals surface area contributed by atoms with Crippen molar-refractivity contribution in [2.75, 3.05) is 18.9 Å². The number of nitrogen functional groups attached to an aromatic ring is 1. The van der Waals surface area contributed by atoms with Gasteiger partial charge in [0.25, 0.3) is 0 Å². The van der Waals surface area contributed by atoms with Gasteiger partial charge in [-0.15, -0.1) is 6.42 Å². The lowest BCUT2D eigenvalue weighted by molar-refractivity contribution is -0.101. The number of hydrogen-bond acceptors (Lipinski definition) is 11. The summed E-state index contributed by atoms with van der Waals surface area (Å²) in [5.41, 5.74) is 3.06. The number of rotatable bonds is 8. The molecule has 0 bridgehead atoms. The second-order valence-electron chi connectivity index (χ2n) is 9.60. The molecule has 1 aromatic heterocycles. The topological polar surface area (TPSA) is 171 Å². The van der Waals surface area contributed by atoms with Crippen LogP contribution in [0.4, 0.5) is 10.6 Å². The van der Waals surface area contributed by atoms with E-state index >= 15 is 0 Å². The number of terminal acetylenes is 1. The van der Waals surface area contributed by atoms with Crippen molar-refractivity contribution < 1.29 is 42.2 Å². The molecule has 1 fully saturated rings. The van der Waals surface area contributed by atoms with E-state index in [1.54, 1.807) is 41.5 Å². The van der Waals surface area contributed by atoms with Crippen molar-refractivity contribution in [3.8, 4) is 12.3 Å². The molecule has 13 nitrogen and oxygen atoms in total. The van der Waals surface area contributed by atoms with Crippen LogP contribution in [0, 0.1) is 12.3 Å². The van der Waals surface area contributed by atoms with Crippen LogP contribution in [-0.4, -0.2) is 63.3 Å². The quantitative estimate of drug-likeness (QED) is 0.292. The van der Waals surface area contributed by atoms with Gasteiger partial charge in [0.2, 0.25) is 0 Å². The van der Waals surface area contributed by atoms with Gasteiger partial charge < -0.3 is 29.6 Å². The van der Waals surface area contributed by atoms with Crippen molar-refractivity contribution in [2.45, 2.75) is 77.3 Å². The first kappa shape index (κ1) is 28.8. The molecule has 1 aliphatic rings. The molecule has 0 radical (unpaired) electrons. The number of hydrogen-bond donors (Lipinski definition) is 2. The summed E-state index contributed by atoms with van der Waals surface area (Å²) in [5.74, 6) is 2.07. The number of aromatic nitrogens is 2. The number of phosphoric ester groups is 1. The minimum atomic E-state index is -4.73. The van der Waals surface area contributed by atoms with E-state index in [4.69, 9.17) is 40.2 Å². The summed E-state index contributed by atoms with van der Waals surface area (Å²) in [6.45, 7) is 9.47. The van der Waals surface area contributed by atoms with Gasteiger partial charge in [0.15, 0.2) is 18.9 Å². The average molecular weight is 517 g/mol. The SMILES string of the molecule is C#CCOC(=O)O[C@H]1C(OP(=O)(O)OC(C)(C)C)[C@@H](COC(C)(C)C)O[C@H]1n1ccc(N)nc1=O. The van der Waals surface area contributed by atoms with Gasteiger partial charge in [-0.25, -0.2) is 14.2 Å². The Kier molecular flexibility index (Phi) is 9.10. The first-order chi connectivity index (χ1) is 16.0. The van der Waals surface area contributed by atoms with Crippen LogP contribution < -0.4 is 11.4 Å². The van der Waals surface area contributed by atoms with E-state index in [1.165, 1.54) is 12.3 Å². The number of nitrogens with zero attached hydrogens (tertiary/aromatic N) is 2. The number of anilines is 1. The number of phosphoric acid groups is 1. The van der Waals surface area contributed by atoms with Crippen LogP contribution in [0.1, 0.15) is 47.8 Å². The molecular weight excluding hydrogens is 485 g/mol. The zero-order chi connectivity index (χ0) is 26.6. The van der Waals surface area contributed by atoms with Gasteiger partial charge in [-0.1, -0.05) is 5.92 Å². The molecule has 0 aromatic carbocycles. The van der Waals surface area contributed by atoms with E-state index in [9.17, 15) is 19.0 Å². The summed E-state index contributed by atoms with van der Waals surface area (Å²) in [4.78, 5) is 38.9. The molecule has 1 saturated heterocycles. The lowest BCUT2D eigenvalue weighted by Crippen LogP contribution is -2.42. The zero-order valence-corrected chi connectivity index (χ0v) is 21.4. The predicted octanol–water partition coefficient (Wildman–Crippen LogP) is 1.99. The molecule has 3 N–H and O–H groups in total. The normalized spacial score (nSPS) is 24.4. The van der Waals surface area contributed by atoms with Crippen molar-refractivity contribution in [3.05, 3.63) is 22.7 Å². The van der Waals surface area contributed by atoms with Crippen LogP contribution in [0.5, 0.6) is 0 Å². The van der Waals surface area contributed by atoms with Crippen LogP contribution in [0.2, 0.25) is 0 Å². The van der Waals surface area contributed by atoms with Crippen LogP contribution >= 0.6 is 7.82 Å². The summed E-state index contributed by atoms with van der Waals surface area (Å²) in [5, 5.41) is 0. The molecule has 1 aliphatic heterocycles. The lowest BCUT2D eigenvalue weighted by atomic mass is 10.1. The van der Waals surface area contributed by atoms with Gasteiger partial charge in [-0.2, -0.15) is 4.98 Å². The first-order valence-corrected chi connectivity index (χ1v) is 12.1. The Morgan fingerprint density at radius 3 is 2.49 bits per heavy atom. The monoisotopic (exact) mass is 517 g/mol. The van der Waals surface area contributed by atoms with Crippen LogP contribution in [-0.2, 0) is 32.6 Å². The van der Waals surface area contributed by atoms with Crippen molar-refractivity contribution in [3.63, 3.8) is 0 Å². The highest BCUT2D eigenvalue weighted by Crippen LogP contribution is 2.51. The zero-order valence-electron chi connectivity index (χ0n) is 20.5. The predicted molar refractivity (Wildman–Crippen MR) is 123 cm³/mol. The maximum atomic E-state index is 12.8. The molecule has 0 aliphatic carbocycles. The van der Waals surface area contributed by atoms with E-state index < -0.39 is 62.0 Å². The van der Waals surface area contributed by atoms with Gasteiger partial charge in [-0.05, 0) is 47.6 Å². The summed E-state index contributed by atoms with van der Waals surface area (Å²) in [6, 6.07) is 1.33. The summed E-state index contributed by atoms with van der Waals surface area (Å²) >= 11 is 0. The Morgan fingerprint density at radius 2 is 1.94 bits per heavy atom. The number of carbonyl (C=O) groups is 1. The lowest BCUT2D eigenvalue weighted by Gasteiger charge is -2.29. The highest BCUT2D eigenvalue weighted by molar-refractivity contribution is 7.47. The molecule has 5 atom stereocenters. The summed E-state index contributed by atoms with van der Waals surface area (Å²) in [6.07, 6.45) is -0.165. The van der Waals surface area contributed by atoms with Gasteiger partial charge >= 0.3 is 19.7 Å². The molecule has 0 amide bonds. The molecule has 14 heteroatoms. The van der Waals surface area contributed by atoms with Gasteiger partial charge in [0.05, 0.1) is 17.8 Å². The van der Waals surface area contributed by atoms with Crippen LogP contribution in [0.3, 0.4) is 0 Å². The molecule has 196 valence electrons. The van der Waals surface area contributed by atoms with E-state index in [1.807, 2.05) is 0 Å².